The van der Waals surface area contributed by atoms with Crippen LogP contribution in [-0.2, 0) is 0 Å². The smallest absolute Gasteiger partial charge is 0.328 e. The number of para-hydroxylation sites is 1. The predicted octanol–water partition coefficient (Wildman–Crippen LogP) is 3.12. The van der Waals surface area contributed by atoms with Crippen molar-refractivity contribution in [3.63, 3.8) is 0 Å². The quantitative estimate of drug-likeness (QED) is 0.814. The molecule has 1 aromatic carbocycles. The van der Waals surface area contributed by atoms with E-state index in [4.69, 9.17) is 5.11 Å². The fourth-order valence-corrected chi connectivity index (χ4v) is 3.84. The highest BCUT2D eigenvalue weighted by Gasteiger charge is 2.33. The molecule has 29 heavy (non-hydrogen) atoms. The van der Waals surface area contributed by atoms with E-state index in [1.54, 1.807) is 41.5 Å². The monoisotopic (exact) mass is 392 g/mol. The summed E-state index contributed by atoms with van der Waals surface area (Å²) >= 11 is 0. The van der Waals surface area contributed by atoms with Crippen LogP contribution in [0.4, 0.5) is 4.39 Å². The number of amidine groups is 1. The van der Waals surface area contributed by atoms with Gasteiger partial charge in [-0.05, 0) is 56.2 Å². The van der Waals surface area contributed by atoms with Crippen molar-refractivity contribution in [3.8, 4) is 5.69 Å². The molecule has 8 heteroatoms. The van der Waals surface area contributed by atoms with Crippen LogP contribution in [0.1, 0.15) is 24.8 Å². The van der Waals surface area contributed by atoms with E-state index < -0.39 is 0 Å². The van der Waals surface area contributed by atoms with Gasteiger partial charge in [-0.2, -0.15) is 5.10 Å². The number of likely N-dealkylation sites (tertiary alicyclic amines) is 1. The molecule has 0 spiro atoms. The van der Waals surface area contributed by atoms with Crippen molar-refractivity contribution in [2.75, 3.05) is 20.1 Å². The molecule has 0 aliphatic carbocycles. The molecule has 0 atom stereocenters. The van der Waals surface area contributed by atoms with Crippen LogP contribution in [0.2, 0.25) is 0 Å². The third kappa shape index (κ3) is 3.51. The van der Waals surface area contributed by atoms with Gasteiger partial charge in [0.15, 0.2) is 12.0 Å². The second kappa shape index (κ2) is 7.36. The molecule has 2 aromatic rings. The van der Waals surface area contributed by atoms with Gasteiger partial charge >= 0.3 is 5.84 Å². The van der Waals surface area contributed by atoms with Crippen molar-refractivity contribution in [1.29, 1.82) is 0 Å². The first-order valence-electron chi connectivity index (χ1n) is 9.91. The molecule has 148 valence electrons. The van der Waals surface area contributed by atoms with E-state index in [1.165, 1.54) is 6.07 Å². The van der Waals surface area contributed by atoms with Gasteiger partial charge < -0.3 is 10.2 Å². The van der Waals surface area contributed by atoms with Crippen LogP contribution in [0.3, 0.4) is 0 Å². The number of nitrogens with zero attached hydrogens (tertiary/aromatic N) is 6. The molecule has 1 saturated heterocycles. The minimum Gasteiger partial charge on any atom is -0.364 e. The van der Waals surface area contributed by atoms with Crippen molar-refractivity contribution < 1.29 is 9.09 Å². The Kier molecular flexibility index (Phi) is 4.55. The zero-order valence-corrected chi connectivity index (χ0v) is 16.3. The van der Waals surface area contributed by atoms with Crippen molar-refractivity contribution in [2.45, 2.75) is 25.3 Å². The first kappa shape index (κ1) is 17.9. The number of hydrogen-bond acceptors (Lipinski definition) is 5. The summed E-state index contributed by atoms with van der Waals surface area (Å²) in [6.07, 6.45) is 10.4. The van der Waals surface area contributed by atoms with Crippen LogP contribution in [0.25, 0.3) is 11.4 Å². The highest BCUT2D eigenvalue weighted by Crippen LogP contribution is 2.27. The molecule has 0 saturated carbocycles. The molecule has 3 aliphatic rings. The SMILES string of the molecule is CN1CCC(NC2=CCC3=NC=C(c4cnn(-c5ccccc5F)c4)[N+]3=N2)CC1. The number of aromatic nitrogens is 2. The molecule has 3 aliphatic heterocycles. The van der Waals surface area contributed by atoms with Gasteiger partial charge in [-0.1, -0.05) is 21.9 Å². The molecular weight excluding hydrogens is 369 g/mol. The second-order valence-electron chi connectivity index (χ2n) is 7.61. The van der Waals surface area contributed by atoms with Crippen LogP contribution >= 0.6 is 0 Å². The number of nitrogens with one attached hydrogen (secondary N) is 1. The Morgan fingerprint density at radius 1 is 1.21 bits per heavy atom. The molecule has 5 rings (SSSR count). The summed E-state index contributed by atoms with van der Waals surface area (Å²) in [5.74, 6) is 1.45. The van der Waals surface area contributed by atoms with E-state index in [0.717, 1.165) is 55.3 Å². The molecule has 0 bridgehead atoms. The lowest BCUT2D eigenvalue weighted by molar-refractivity contribution is -0.379. The average Bonchev–Trinajstić information content (AvgIpc) is 3.37. The van der Waals surface area contributed by atoms with Crippen molar-refractivity contribution in [3.05, 3.63) is 66.1 Å². The number of benzene rings is 1. The van der Waals surface area contributed by atoms with E-state index in [2.05, 4.69) is 33.4 Å². The van der Waals surface area contributed by atoms with Gasteiger partial charge in [0.05, 0.1) is 18.2 Å². The number of piperidine rings is 1. The highest BCUT2D eigenvalue weighted by molar-refractivity contribution is 5.85. The average molecular weight is 392 g/mol. The van der Waals surface area contributed by atoms with Crippen molar-refractivity contribution in [1.82, 2.24) is 20.0 Å². The van der Waals surface area contributed by atoms with Gasteiger partial charge in [-0.15, -0.1) is 0 Å². The van der Waals surface area contributed by atoms with Gasteiger partial charge in [0, 0.05) is 12.2 Å². The number of fused-ring (bicyclic) bond motifs is 1. The maximum absolute atomic E-state index is 14.1. The van der Waals surface area contributed by atoms with Crippen molar-refractivity contribution >= 4 is 11.5 Å². The van der Waals surface area contributed by atoms with Crippen LogP contribution in [0, 0.1) is 5.82 Å². The standard InChI is InChI=1S/C21H23FN7/c1-27-10-8-16(9-11-27)25-20-6-7-21-23-13-19(29(21)26-20)15-12-24-28(14-15)18-5-3-2-4-17(18)22/h2-6,12-14,16,25H,7-11H2,1H3/q+1. The summed E-state index contributed by atoms with van der Waals surface area (Å²) in [5.41, 5.74) is 2.10. The Hall–Kier alpha value is -3.13. The Labute approximate surface area is 168 Å². The van der Waals surface area contributed by atoms with Crippen LogP contribution in [0.15, 0.2) is 64.9 Å². The molecule has 0 amide bonds. The molecule has 4 heterocycles. The van der Waals surface area contributed by atoms with Gasteiger partial charge in [-0.25, -0.2) is 9.07 Å². The zero-order valence-electron chi connectivity index (χ0n) is 16.3. The van der Waals surface area contributed by atoms with E-state index in [9.17, 15) is 4.39 Å². The molecule has 1 N–H and O–H groups in total. The molecule has 1 fully saturated rings. The number of hydrogen-bond donors (Lipinski definition) is 1. The maximum Gasteiger partial charge on any atom is 0.328 e. The summed E-state index contributed by atoms with van der Waals surface area (Å²) in [7, 11) is 2.16. The Bertz CT molecular complexity index is 1050. The third-order valence-corrected chi connectivity index (χ3v) is 5.54. The largest absolute Gasteiger partial charge is 0.364 e. The van der Waals surface area contributed by atoms with Crippen LogP contribution in [-0.4, -0.2) is 51.4 Å². The fourth-order valence-electron chi connectivity index (χ4n) is 3.84. The van der Waals surface area contributed by atoms with Crippen LogP contribution in [0.5, 0.6) is 0 Å². The predicted molar refractivity (Wildman–Crippen MR) is 108 cm³/mol. The normalized spacial score (nSPS) is 19.9. The Morgan fingerprint density at radius 3 is 2.86 bits per heavy atom. The van der Waals surface area contributed by atoms with Gasteiger partial charge in [0.25, 0.3) is 0 Å². The highest BCUT2D eigenvalue weighted by atomic mass is 19.1. The molecular formula is C21H23FN7+. The van der Waals surface area contributed by atoms with Crippen LogP contribution < -0.4 is 5.32 Å². The minimum atomic E-state index is -0.310. The molecule has 7 nitrogen and oxygen atoms in total. The minimum absolute atomic E-state index is 0.310. The Morgan fingerprint density at radius 2 is 2.03 bits per heavy atom. The number of aliphatic imine (C=N–C) groups is 1. The number of halogens is 1. The van der Waals surface area contributed by atoms with Gasteiger partial charge in [-0.3, -0.25) is 0 Å². The first-order valence-corrected chi connectivity index (χ1v) is 9.91. The first-order chi connectivity index (χ1) is 14.2. The number of azo groups is 2. The number of rotatable bonds is 4. The lowest BCUT2D eigenvalue weighted by Crippen LogP contribution is -2.40. The lowest BCUT2D eigenvalue weighted by Gasteiger charge is -2.30. The third-order valence-electron chi connectivity index (χ3n) is 5.54. The summed E-state index contributed by atoms with van der Waals surface area (Å²) in [4.78, 5) is 6.85. The fraction of sp³-hybridized carbons (Fsp3) is 0.333. The Balaban J connectivity index is 1.36. The summed E-state index contributed by atoms with van der Waals surface area (Å²) in [6, 6.07) is 7.04. The lowest BCUT2D eigenvalue weighted by atomic mass is 10.1. The van der Waals surface area contributed by atoms with E-state index >= 15 is 0 Å². The topological polar surface area (TPSA) is 60.8 Å². The van der Waals surface area contributed by atoms with E-state index in [0.29, 0.717) is 11.7 Å². The molecule has 0 radical (unpaired) electrons. The maximum atomic E-state index is 14.1. The van der Waals surface area contributed by atoms with E-state index in [-0.39, 0.29) is 5.82 Å². The summed E-state index contributed by atoms with van der Waals surface area (Å²) in [6.45, 7) is 2.20. The van der Waals surface area contributed by atoms with Crippen molar-refractivity contribution in [2.24, 2.45) is 10.1 Å². The van der Waals surface area contributed by atoms with E-state index in [1.807, 2.05) is 4.70 Å². The van der Waals surface area contributed by atoms with Gasteiger partial charge in [0.2, 0.25) is 5.70 Å². The zero-order chi connectivity index (χ0) is 19.8. The molecule has 0 unspecified atom stereocenters. The molecule has 1 aromatic heterocycles. The summed E-state index contributed by atoms with van der Waals surface area (Å²) < 4.78 is 17.5. The van der Waals surface area contributed by atoms with Gasteiger partial charge in [0.1, 0.15) is 11.5 Å². The second-order valence-corrected chi connectivity index (χ2v) is 7.61. The summed E-state index contributed by atoms with van der Waals surface area (Å²) in [5, 5.41) is 12.7.